The Kier molecular flexibility index (Phi) is 1.70. The predicted octanol–water partition coefficient (Wildman–Crippen LogP) is 0.532. The quantitative estimate of drug-likeness (QED) is 0.719. The lowest BCUT2D eigenvalue weighted by Gasteiger charge is -2.15. The summed E-state index contributed by atoms with van der Waals surface area (Å²) in [5.41, 5.74) is 8.77. The molecule has 2 heterocycles. The molecule has 76 valence electrons. The smallest absolute Gasteiger partial charge is 0.178 e. The first-order chi connectivity index (χ1) is 6.52. The zero-order valence-corrected chi connectivity index (χ0v) is 8.94. The summed E-state index contributed by atoms with van der Waals surface area (Å²) in [6.45, 7) is 3.95. The summed E-state index contributed by atoms with van der Waals surface area (Å²) in [5.74, 6) is 0.928. The van der Waals surface area contributed by atoms with Crippen molar-refractivity contribution in [2.75, 3.05) is 24.8 Å². The fraction of sp³-hybridized carbons (Fsp3) is 0.444. The zero-order chi connectivity index (χ0) is 10.5. The van der Waals surface area contributed by atoms with Crippen molar-refractivity contribution in [1.82, 2.24) is 14.3 Å². The molecule has 0 aromatic carbocycles. The average molecular weight is 193 g/mol. The van der Waals surface area contributed by atoms with Crippen molar-refractivity contribution < 1.29 is 0 Å². The summed E-state index contributed by atoms with van der Waals surface area (Å²) >= 11 is 0. The van der Waals surface area contributed by atoms with Gasteiger partial charge in [-0.05, 0) is 19.4 Å². The average Bonchev–Trinajstić information content (AvgIpc) is 2.51. The minimum Gasteiger partial charge on any atom is -0.395 e. The van der Waals surface area contributed by atoms with E-state index in [-0.39, 0.29) is 0 Å². The molecule has 0 aliphatic rings. The second kappa shape index (κ2) is 2.67. The summed E-state index contributed by atoms with van der Waals surface area (Å²) in [5, 5.41) is 6.34. The minimum absolute atomic E-state index is 0.791. The summed E-state index contributed by atoms with van der Waals surface area (Å²) in [6, 6.07) is 0. The van der Waals surface area contributed by atoms with Crippen molar-refractivity contribution in [3.05, 3.63) is 17.6 Å². The highest BCUT2D eigenvalue weighted by molar-refractivity contribution is 5.70. The van der Waals surface area contributed by atoms with Crippen LogP contribution in [0.4, 0.5) is 5.69 Å². The third-order valence-electron chi connectivity index (χ3n) is 2.36. The van der Waals surface area contributed by atoms with E-state index in [1.165, 1.54) is 0 Å². The molecular weight excluding hydrogens is 178 g/mol. The second-order valence-electron chi connectivity index (χ2n) is 3.70. The number of rotatable bonds is 1. The standard InChI is InChI=1S/C9H15N5/c1-6-5-13-9(8(6)10)14(12(3)4)7(2)11-13/h5H,10H2,1-4H3. The van der Waals surface area contributed by atoms with Crippen molar-refractivity contribution in [2.24, 2.45) is 0 Å². The van der Waals surface area contributed by atoms with Gasteiger partial charge < -0.3 is 10.7 Å². The Labute approximate surface area is 82.7 Å². The molecule has 0 fully saturated rings. The number of hydrogen-bond donors (Lipinski definition) is 1. The molecule has 2 N–H and O–H groups in total. The number of nitrogens with zero attached hydrogens (tertiary/aromatic N) is 4. The van der Waals surface area contributed by atoms with Crippen LogP contribution in [0.15, 0.2) is 6.20 Å². The number of aryl methyl sites for hydroxylation is 2. The van der Waals surface area contributed by atoms with Crippen LogP contribution in [0, 0.1) is 13.8 Å². The van der Waals surface area contributed by atoms with Crippen molar-refractivity contribution in [1.29, 1.82) is 0 Å². The highest BCUT2D eigenvalue weighted by Crippen LogP contribution is 2.20. The molecule has 0 saturated heterocycles. The molecule has 2 rings (SSSR count). The lowest BCUT2D eigenvalue weighted by molar-refractivity contribution is 0.725. The number of hydrogen-bond acceptors (Lipinski definition) is 3. The van der Waals surface area contributed by atoms with Crippen LogP contribution < -0.4 is 10.7 Å². The van der Waals surface area contributed by atoms with Crippen LogP contribution >= 0.6 is 0 Å². The number of anilines is 1. The molecule has 0 radical (unpaired) electrons. The lowest BCUT2D eigenvalue weighted by atomic mass is 10.3. The first kappa shape index (κ1) is 8.93. The van der Waals surface area contributed by atoms with Crippen LogP contribution in [0.1, 0.15) is 11.4 Å². The molecule has 0 saturated carbocycles. The van der Waals surface area contributed by atoms with Crippen LogP contribution in [0.25, 0.3) is 5.65 Å². The zero-order valence-electron chi connectivity index (χ0n) is 8.94. The third-order valence-corrected chi connectivity index (χ3v) is 2.36. The van der Waals surface area contributed by atoms with Gasteiger partial charge in [-0.15, -0.1) is 0 Å². The second-order valence-corrected chi connectivity index (χ2v) is 3.70. The topological polar surface area (TPSA) is 51.5 Å². The van der Waals surface area contributed by atoms with Gasteiger partial charge in [0.1, 0.15) is 5.82 Å². The molecular formula is C9H15N5. The van der Waals surface area contributed by atoms with E-state index in [1.54, 1.807) is 0 Å². The maximum atomic E-state index is 5.98. The Bertz CT molecular complexity index is 477. The Morgan fingerprint density at radius 2 is 2.00 bits per heavy atom. The molecule has 0 aliphatic heterocycles. The van der Waals surface area contributed by atoms with E-state index in [2.05, 4.69) is 5.10 Å². The summed E-state index contributed by atoms with van der Waals surface area (Å²) < 4.78 is 3.81. The van der Waals surface area contributed by atoms with E-state index in [0.717, 1.165) is 22.7 Å². The predicted molar refractivity (Wildman–Crippen MR) is 57.1 cm³/mol. The van der Waals surface area contributed by atoms with E-state index in [0.29, 0.717) is 0 Å². The molecule has 5 heteroatoms. The van der Waals surface area contributed by atoms with Crippen molar-refractivity contribution in [2.45, 2.75) is 13.8 Å². The maximum absolute atomic E-state index is 5.98. The van der Waals surface area contributed by atoms with Gasteiger partial charge in [0, 0.05) is 20.3 Å². The molecule has 0 aliphatic carbocycles. The summed E-state index contributed by atoms with van der Waals surface area (Å²) in [4.78, 5) is 0. The van der Waals surface area contributed by atoms with Gasteiger partial charge in [-0.2, -0.15) is 5.10 Å². The third kappa shape index (κ3) is 0.982. The first-order valence-corrected chi connectivity index (χ1v) is 4.52. The fourth-order valence-corrected chi connectivity index (χ4v) is 1.73. The van der Waals surface area contributed by atoms with Crippen molar-refractivity contribution in [3.63, 3.8) is 0 Å². The van der Waals surface area contributed by atoms with Crippen molar-refractivity contribution >= 4 is 11.3 Å². The highest BCUT2D eigenvalue weighted by atomic mass is 15.6. The van der Waals surface area contributed by atoms with Crippen LogP contribution in [0.5, 0.6) is 0 Å². The molecule has 0 atom stereocenters. The molecule has 0 amide bonds. The number of aromatic nitrogens is 3. The van der Waals surface area contributed by atoms with Gasteiger partial charge in [0.15, 0.2) is 5.65 Å². The van der Waals surface area contributed by atoms with Gasteiger partial charge >= 0.3 is 0 Å². The normalized spacial score (nSPS) is 11.1. The monoisotopic (exact) mass is 193 g/mol. The van der Waals surface area contributed by atoms with Crippen LogP contribution in [0.3, 0.4) is 0 Å². The van der Waals surface area contributed by atoms with E-state index in [1.807, 2.05) is 48.3 Å². The van der Waals surface area contributed by atoms with Crippen LogP contribution in [0.2, 0.25) is 0 Å². The molecule has 0 unspecified atom stereocenters. The lowest BCUT2D eigenvalue weighted by Crippen LogP contribution is -2.26. The van der Waals surface area contributed by atoms with Crippen LogP contribution in [-0.4, -0.2) is 28.4 Å². The SMILES string of the molecule is Cc1cn2nc(C)n(N(C)C)c2c1N. The summed E-state index contributed by atoms with van der Waals surface area (Å²) in [7, 11) is 3.94. The van der Waals surface area contributed by atoms with E-state index in [4.69, 9.17) is 5.73 Å². The molecule has 2 aromatic rings. The number of nitrogen functional groups attached to an aromatic ring is 1. The van der Waals surface area contributed by atoms with Crippen LogP contribution in [-0.2, 0) is 0 Å². The Hall–Kier alpha value is -1.65. The molecule has 0 bridgehead atoms. The molecule has 14 heavy (non-hydrogen) atoms. The molecule has 5 nitrogen and oxygen atoms in total. The number of fused-ring (bicyclic) bond motifs is 1. The van der Waals surface area contributed by atoms with Gasteiger partial charge in [-0.25, -0.2) is 9.19 Å². The Morgan fingerprint density at radius 3 is 2.57 bits per heavy atom. The van der Waals surface area contributed by atoms with Gasteiger partial charge in [0.05, 0.1) is 5.69 Å². The van der Waals surface area contributed by atoms with Gasteiger partial charge in [0.25, 0.3) is 0 Å². The molecule has 0 spiro atoms. The van der Waals surface area contributed by atoms with Gasteiger partial charge in [-0.3, -0.25) is 0 Å². The van der Waals surface area contributed by atoms with E-state index < -0.39 is 0 Å². The first-order valence-electron chi connectivity index (χ1n) is 4.52. The fourth-order valence-electron chi connectivity index (χ4n) is 1.73. The Balaban J connectivity index is 2.84. The van der Waals surface area contributed by atoms with E-state index in [9.17, 15) is 0 Å². The maximum Gasteiger partial charge on any atom is 0.178 e. The summed E-state index contributed by atoms with van der Waals surface area (Å²) in [6.07, 6.45) is 1.94. The van der Waals surface area contributed by atoms with Gasteiger partial charge in [-0.1, -0.05) is 0 Å². The Morgan fingerprint density at radius 1 is 1.36 bits per heavy atom. The largest absolute Gasteiger partial charge is 0.395 e. The molecule has 2 aromatic heterocycles. The van der Waals surface area contributed by atoms with Gasteiger partial charge in [0.2, 0.25) is 0 Å². The highest BCUT2D eigenvalue weighted by Gasteiger charge is 2.14. The van der Waals surface area contributed by atoms with Crippen molar-refractivity contribution in [3.8, 4) is 0 Å². The number of nitrogens with two attached hydrogens (primary N) is 1. The van der Waals surface area contributed by atoms with E-state index >= 15 is 0 Å². The minimum atomic E-state index is 0.791.